The van der Waals surface area contributed by atoms with Crippen LogP contribution in [0.15, 0.2) is 24.3 Å². The number of hydrogen-bond acceptors (Lipinski definition) is 6. The van der Waals surface area contributed by atoms with E-state index >= 15 is 0 Å². The van der Waals surface area contributed by atoms with E-state index in [1.54, 1.807) is 0 Å². The number of nitrogens with zero attached hydrogens (tertiary/aromatic N) is 2. The second-order valence-corrected chi connectivity index (χ2v) is 11.5. The summed E-state index contributed by atoms with van der Waals surface area (Å²) in [6.07, 6.45) is 3.43. The molecule has 1 amide bonds. The fourth-order valence-corrected chi connectivity index (χ4v) is 7.19. The average Bonchev–Trinajstić information content (AvgIpc) is 3.11. The SMILES string of the molecule is O=C(C1CCN(C2CCS(=O)(=O)C2)CC1)N1CC2(COc3ccccc3C2)C1.O=CO. The summed E-state index contributed by atoms with van der Waals surface area (Å²) in [6, 6.07) is 8.35. The van der Waals surface area contributed by atoms with Gasteiger partial charge in [0.05, 0.1) is 18.1 Å². The number of ether oxygens (including phenoxy) is 1. The fraction of sp³-hybridized carbons (Fsp3) is 0.636. The molecule has 170 valence electrons. The summed E-state index contributed by atoms with van der Waals surface area (Å²) in [5.41, 5.74) is 1.34. The van der Waals surface area contributed by atoms with E-state index in [1.807, 2.05) is 23.1 Å². The number of likely N-dealkylation sites (tertiary alicyclic amines) is 2. The Balaban J connectivity index is 0.000000730. The van der Waals surface area contributed by atoms with E-state index < -0.39 is 9.84 Å². The topological polar surface area (TPSA) is 104 Å². The van der Waals surface area contributed by atoms with Gasteiger partial charge in [-0.15, -0.1) is 0 Å². The zero-order valence-corrected chi connectivity index (χ0v) is 18.4. The summed E-state index contributed by atoms with van der Waals surface area (Å²) in [5.74, 6) is 1.96. The number of rotatable bonds is 2. The van der Waals surface area contributed by atoms with Gasteiger partial charge in [0.1, 0.15) is 5.75 Å². The van der Waals surface area contributed by atoms with Crippen LogP contribution >= 0.6 is 0 Å². The molecule has 9 heteroatoms. The van der Waals surface area contributed by atoms with Crippen LogP contribution in [0.3, 0.4) is 0 Å². The van der Waals surface area contributed by atoms with Crippen LogP contribution < -0.4 is 4.74 Å². The van der Waals surface area contributed by atoms with Gasteiger partial charge in [-0.1, -0.05) is 18.2 Å². The average molecular weight is 451 g/mol. The Labute approximate surface area is 183 Å². The van der Waals surface area contributed by atoms with Crippen LogP contribution in [0.4, 0.5) is 0 Å². The van der Waals surface area contributed by atoms with E-state index in [4.69, 9.17) is 14.6 Å². The predicted octanol–water partition coefficient (Wildman–Crippen LogP) is 1.05. The molecule has 8 nitrogen and oxygen atoms in total. The highest BCUT2D eigenvalue weighted by Crippen LogP contribution is 2.42. The zero-order valence-electron chi connectivity index (χ0n) is 17.6. The van der Waals surface area contributed by atoms with Gasteiger partial charge in [0.2, 0.25) is 5.91 Å². The molecule has 1 aromatic carbocycles. The second-order valence-electron chi connectivity index (χ2n) is 9.24. The van der Waals surface area contributed by atoms with E-state index in [9.17, 15) is 13.2 Å². The summed E-state index contributed by atoms with van der Waals surface area (Å²) in [6.45, 7) is 3.71. The summed E-state index contributed by atoms with van der Waals surface area (Å²) >= 11 is 0. The van der Waals surface area contributed by atoms with Crippen molar-refractivity contribution in [3.63, 3.8) is 0 Å². The third-order valence-electron chi connectivity index (χ3n) is 7.04. The number of carboxylic acid groups (broad SMARTS) is 1. The minimum atomic E-state index is -2.85. The van der Waals surface area contributed by atoms with Gasteiger partial charge >= 0.3 is 0 Å². The number of benzene rings is 1. The molecule has 31 heavy (non-hydrogen) atoms. The first-order valence-corrected chi connectivity index (χ1v) is 12.7. The molecule has 3 fully saturated rings. The maximum absolute atomic E-state index is 13.0. The van der Waals surface area contributed by atoms with Crippen LogP contribution in [0, 0.1) is 11.3 Å². The first kappa shape index (κ1) is 22.1. The highest BCUT2D eigenvalue weighted by molar-refractivity contribution is 7.91. The molecule has 0 bridgehead atoms. The Morgan fingerprint density at radius 1 is 1.16 bits per heavy atom. The molecule has 3 saturated heterocycles. The minimum Gasteiger partial charge on any atom is -0.493 e. The van der Waals surface area contributed by atoms with E-state index in [1.165, 1.54) is 5.56 Å². The van der Waals surface area contributed by atoms with Crippen molar-refractivity contribution in [1.82, 2.24) is 9.80 Å². The van der Waals surface area contributed by atoms with Crippen molar-refractivity contribution in [3.05, 3.63) is 29.8 Å². The lowest BCUT2D eigenvalue weighted by Gasteiger charge is -2.53. The van der Waals surface area contributed by atoms with Gasteiger partial charge in [-0.3, -0.25) is 14.5 Å². The van der Waals surface area contributed by atoms with E-state index in [2.05, 4.69) is 11.0 Å². The maximum atomic E-state index is 13.0. The van der Waals surface area contributed by atoms with Gasteiger partial charge in [-0.05, 0) is 50.4 Å². The minimum absolute atomic E-state index is 0.0862. The number of fused-ring (bicyclic) bond motifs is 1. The second kappa shape index (κ2) is 8.78. The van der Waals surface area contributed by atoms with Crippen molar-refractivity contribution < 1.29 is 27.9 Å². The molecule has 4 aliphatic rings. The Bertz CT molecular complexity index is 920. The number of carbonyl (C=O) groups excluding carboxylic acids is 1. The number of para-hydroxylation sites is 1. The van der Waals surface area contributed by atoms with Crippen molar-refractivity contribution in [3.8, 4) is 5.75 Å². The molecular formula is C22H30N2O6S. The summed E-state index contributed by atoms with van der Waals surface area (Å²) < 4.78 is 29.4. The molecule has 1 aromatic rings. The molecule has 1 spiro atoms. The van der Waals surface area contributed by atoms with E-state index in [0.717, 1.165) is 57.6 Å². The molecule has 1 unspecified atom stereocenters. The molecular weight excluding hydrogens is 420 g/mol. The zero-order chi connectivity index (χ0) is 22.1. The first-order valence-electron chi connectivity index (χ1n) is 10.9. The van der Waals surface area contributed by atoms with Gasteiger partial charge < -0.3 is 14.7 Å². The molecule has 0 aliphatic carbocycles. The third kappa shape index (κ3) is 4.72. The van der Waals surface area contributed by atoms with Crippen molar-refractivity contribution >= 4 is 22.2 Å². The smallest absolute Gasteiger partial charge is 0.290 e. The van der Waals surface area contributed by atoms with Gasteiger partial charge in [-0.25, -0.2) is 8.42 Å². The van der Waals surface area contributed by atoms with Gasteiger partial charge in [-0.2, -0.15) is 0 Å². The fourth-order valence-electron chi connectivity index (χ4n) is 5.43. The number of sulfone groups is 1. The van der Waals surface area contributed by atoms with Crippen LogP contribution in [0.25, 0.3) is 0 Å². The molecule has 5 rings (SSSR count). The Morgan fingerprint density at radius 2 is 1.84 bits per heavy atom. The molecule has 4 heterocycles. The quantitative estimate of drug-likeness (QED) is 0.672. The van der Waals surface area contributed by atoms with Gasteiger partial charge in [0.25, 0.3) is 6.47 Å². The molecule has 0 aromatic heterocycles. The standard InChI is InChI=1S/C21H28N2O4S.CH2O2/c24-20(16-5-8-22(9-6-16)18-7-10-28(25,26)12-18)23-13-21(14-23)11-17-3-1-2-4-19(17)27-15-21;2-1-3/h1-4,16,18H,5-15H2;1H,(H,2,3). The summed E-state index contributed by atoms with van der Waals surface area (Å²) in [5, 5.41) is 6.89. The number of hydrogen-bond donors (Lipinski definition) is 1. The van der Waals surface area contributed by atoms with Crippen LogP contribution in [0.5, 0.6) is 5.75 Å². The van der Waals surface area contributed by atoms with Crippen LogP contribution in [-0.2, 0) is 25.8 Å². The van der Waals surface area contributed by atoms with Crippen molar-refractivity contribution in [2.24, 2.45) is 11.3 Å². The number of carbonyl (C=O) groups is 2. The summed E-state index contributed by atoms with van der Waals surface area (Å²) in [7, 11) is -2.85. The summed E-state index contributed by atoms with van der Waals surface area (Å²) in [4.78, 5) is 25.6. The Morgan fingerprint density at radius 3 is 2.48 bits per heavy atom. The van der Waals surface area contributed by atoms with Crippen LogP contribution in [0.1, 0.15) is 24.8 Å². The monoisotopic (exact) mass is 450 g/mol. The molecule has 1 atom stereocenters. The van der Waals surface area contributed by atoms with E-state index in [-0.39, 0.29) is 29.8 Å². The van der Waals surface area contributed by atoms with Gasteiger partial charge in [0.15, 0.2) is 9.84 Å². The highest BCUT2D eigenvalue weighted by Gasteiger charge is 2.49. The number of amides is 1. The first-order chi connectivity index (χ1) is 14.8. The van der Waals surface area contributed by atoms with Crippen molar-refractivity contribution in [2.45, 2.75) is 31.7 Å². The van der Waals surface area contributed by atoms with E-state index in [0.29, 0.717) is 18.1 Å². The molecule has 0 saturated carbocycles. The van der Waals surface area contributed by atoms with Gasteiger partial charge in [0, 0.05) is 30.5 Å². The maximum Gasteiger partial charge on any atom is 0.290 e. The lowest BCUT2D eigenvalue weighted by Crippen LogP contribution is -2.64. The molecule has 4 aliphatic heterocycles. The van der Waals surface area contributed by atoms with Crippen LogP contribution in [0.2, 0.25) is 0 Å². The number of piperidine rings is 1. The molecule has 1 N–H and O–H groups in total. The lowest BCUT2D eigenvalue weighted by atomic mass is 9.73. The van der Waals surface area contributed by atoms with Crippen molar-refractivity contribution in [2.75, 3.05) is 44.3 Å². The predicted molar refractivity (Wildman–Crippen MR) is 115 cm³/mol. The molecule has 0 radical (unpaired) electrons. The Kier molecular flexibility index (Phi) is 6.25. The normalized spacial score (nSPS) is 26.7. The third-order valence-corrected chi connectivity index (χ3v) is 8.79. The van der Waals surface area contributed by atoms with Crippen molar-refractivity contribution in [1.29, 1.82) is 0 Å². The van der Waals surface area contributed by atoms with Crippen LogP contribution in [-0.4, -0.2) is 86.0 Å². The lowest BCUT2D eigenvalue weighted by molar-refractivity contribution is -0.152. The Hall–Kier alpha value is -2.13. The largest absolute Gasteiger partial charge is 0.493 e. The highest BCUT2D eigenvalue weighted by atomic mass is 32.2.